The van der Waals surface area contributed by atoms with Gasteiger partial charge in [-0.15, -0.1) is 10.2 Å². The van der Waals surface area contributed by atoms with Crippen LogP contribution < -0.4 is 0 Å². The van der Waals surface area contributed by atoms with E-state index in [1.807, 2.05) is 9.80 Å². The maximum atomic E-state index is 12.9. The van der Waals surface area contributed by atoms with E-state index in [2.05, 4.69) is 14.8 Å². The number of aromatic nitrogens is 3. The van der Waals surface area contributed by atoms with Gasteiger partial charge in [0.15, 0.2) is 5.82 Å². The Morgan fingerprint density at radius 1 is 1.00 bits per heavy atom. The number of hydrogen-bond acceptors (Lipinski definition) is 4. The van der Waals surface area contributed by atoms with E-state index < -0.39 is 0 Å². The van der Waals surface area contributed by atoms with Gasteiger partial charge in [-0.05, 0) is 31.6 Å². The van der Waals surface area contributed by atoms with E-state index in [0.29, 0.717) is 25.4 Å². The van der Waals surface area contributed by atoms with E-state index in [0.717, 1.165) is 44.0 Å². The van der Waals surface area contributed by atoms with Crippen LogP contribution in [0, 0.1) is 5.92 Å². The number of likely N-dealkylation sites (tertiary alicyclic amines) is 1. The van der Waals surface area contributed by atoms with Gasteiger partial charge in [-0.2, -0.15) is 0 Å². The molecule has 1 atom stereocenters. The lowest BCUT2D eigenvalue weighted by Gasteiger charge is -2.26. The fourth-order valence-electron chi connectivity index (χ4n) is 4.82. The van der Waals surface area contributed by atoms with Gasteiger partial charge < -0.3 is 14.4 Å². The molecule has 1 unspecified atom stereocenters. The average Bonchev–Trinajstić information content (AvgIpc) is 3.33. The minimum absolute atomic E-state index is 0.0500. The van der Waals surface area contributed by atoms with Crippen LogP contribution in [-0.2, 0) is 22.6 Å². The zero-order chi connectivity index (χ0) is 18.1. The van der Waals surface area contributed by atoms with E-state index in [1.54, 1.807) is 6.92 Å². The van der Waals surface area contributed by atoms with Crippen LogP contribution in [0.15, 0.2) is 0 Å². The second-order valence-corrected chi connectivity index (χ2v) is 7.98. The molecular formula is C19H29N5O2. The molecule has 3 aliphatic rings. The monoisotopic (exact) mass is 359 g/mol. The Bertz CT molecular complexity index is 679. The van der Waals surface area contributed by atoms with E-state index >= 15 is 0 Å². The van der Waals surface area contributed by atoms with Crippen LogP contribution in [0.1, 0.15) is 69.6 Å². The highest BCUT2D eigenvalue weighted by Gasteiger charge is 2.35. The highest BCUT2D eigenvalue weighted by Crippen LogP contribution is 2.35. The molecule has 2 aliphatic heterocycles. The van der Waals surface area contributed by atoms with Crippen molar-refractivity contribution >= 4 is 11.8 Å². The average molecular weight is 359 g/mol. The van der Waals surface area contributed by atoms with Crippen molar-refractivity contribution < 1.29 is 9.59 Å². The van der Waals surface area contributed by atoms with Gasteiger partial charge in [0.05, 0.1) is 6.04 Å². The van der Waals surface area contributed by atoms with Crippen molar-refractivity contribution in [1.82, 2.24) is 24.6 Å². The molecular weight excluding hydrogens is 330 g/mol. The first-order chi connectivity index (χ1) is 12.6. The lowest BCUT2D eigenvalue weighted by atomic mass is 10.0. The normalized spacial score (nSPS) is 24.0. The summed E-state index contributed by atoms with van der Waals surface area (Å²) in [5.41, 5.74) is 0. The molecule has 7 heteroatoms. The van der Waals surface area contributed by atoms with Gasteiger partial charge in [-0.3, -0.25) is 9.59 Å². The molecule has 142 valence electrons. The number of hydrogen-bond donors (Lipinski definition) is 0. The number of fused-ring (bicyclic) bond motifs is 1. The summed E-state index contributed by atoms with van der Waals surface area (Å²) >= 11 is 0. The van der Waals surface area contributed by atoms with E-state index in [1.165, 1.54) is 25.7 Å². The predicted octanol–water partition coefficient (Wildman–Crippen LogP) is 1.93. The number of carbonyl (C=O) groups is 2. The maximum Gasteiger partial charge on any atom is 0.223 e. The Kier molecular flexibility index (Phi) is 4.96. The minimum atomic E-state index is 0.0500. The molecule has 0 bridgehead atoms. The molecule has 1 aliphatic carbocycles. The van der Waals surface area contributed by atoms with Gasteiger partial charge in [0.25, 0.3) is 0 Å². The van der Waals surface area contributed by atoms with Gasteiger partial charge in [-0.25, -0.2) is 0 Å². The van der Waals surface area contributed by atoms with Crippen molar-refractivity contribution in [2.24, 2.45) is 5.92 Å². The lowest BCUT2D eigenvalue weighted by Crippen LogP contribution is -2.34. The quantitative estimate of drug-likeness (QED) is 0.827. The third kappa shape index (κ3) is 3.35. The Balaban J connectivity index is 1.49. The topological polar surface area (TPSA) is 71.3 Å². The highest BCUT2D eigenvalue weighted by molar-refractivity contribution is 5.77. The molecule has 26 heavy (non-hydrogen) atoms. The summed E-state index contributed by atoms with van der Waals surface area (Å²) in [7, 11) is 0. The minimum Gasteiger partial charge on any atom is -0.341 e. The largest absolute Gasteiger partial charge is 0.341 e. The smallest absolute Gasteiger partial charge is 0.223 e. The molecule has 1 aromatic rings. The standard InChI is InChI=1S/C19H29N5O2/c1-14(25)22-10-8-17-20-21-19(24(17)12-11-22)16-7-4-9-23(16)18(26)13-15-5-2-3-6-15/h15-16H,2-13H2,1H3. The SMILES string of the molecule is CC(=O)N1CCc2nnc(C3CCCN3C(=O)CC3CCCC3)n2CC1. The third-order valence-corrected chi connectivity index (χ3v) is 6.31. The molecule has 0 N–H and O–H groups in total. The summed E-state index contributed by atoms with van der Waals surface area (Å²) in [6.45, 7) is 4.56. The third-order valence-electron chi connectivity index (χ3n) is 6.31. The molecule has 0 spiro atoms. The molecule has 3 heterocycles. The van der Waals surface area contributed by atoms with Gasteiger partial charge in [0.1, 0.15) is 5.82 Å². The van der Waals surface area contributed by atoms with Crippen LogP contribution in [0.25, 0.3) is 0 Å². The van der Waals surface area contributed by atoms with Gasteiger partial charge in [0.2, 0.25) is 11.8 Å². The van der Waals surface area contributed by atoms with Crippen molar-refractivity contribution in [2.75, 3.05) is 19.6 Å². The van der Waals surface area contributed by atoms with Crippen LogP contribution in [0.5, 0.6) is 0 Å². The van der Waals surface area contributed by atoms with Gasteiger partial charge in [0, 0.05) is 45.9 Å². The summed E-state index contributed by atoms with van der Waals surface area (Å²) in [5.74, 6) is 2.83. The molecule has 2 amide bonds. The second kappa shape index (κ2) is 7.37. The Hall–Kier alpha value is -1.92. The zero-order valence-corrected chi connectivity index (χ0v) is 15.7. The fraction of sp³-hybridized carbons (Fsp3) is 0.789. The lowest BCUT2D eigenvalue weighted by molar-refractivity contribution is -0.133. The van der Waals surface area contributed by atoms with E-state index in [-0.39, 0.29) is 17.9 Å². The molecule has 1 aromatic heterocycles. The second-order valence-electron chi connectivity index (χ2n) is 7.98. The van der Waals surface area contributed by atoms with Crippen LogP contribution in [0.4, 0.5) is 0 Å². The number of rotatable bonds is 3. The molecule has 1 saturated heterocycles. The summed E-state index contributed by atoms with van der Waals surface area (Å²) < 4.78 is 2.16. The summed E-state index contributed by atoms with van der Waals surface area (Å²) in [5, 5.41) is 8.86. The van der Waals surface area contributed by atoms with Crippen molar-refractivity contribution in [1.29, 1.82) is 0 Å². The summed E-state index contributed by atoms with van der Waals surface area (Å²) in [6.07, 6.45) is 8.35. The summed E-state index contributed by atoms with van der Waals surface area (Å²) in [4.78, 5) is 28.5. The van der Waals surface area contributed by atoms with Crippen LogP contribution in [0.3, 0.4) is 0 Å². The summed E-state index contributed by atoms with van der Waals surface area (Å²) in [6, 6.07) is 0.0500. The zero-order valence-electron chi connectivity index (χ0n) is 15.7. The molecule has 2 fully saturated rings. The maximum absolute atomic E-state index is 12.9. The van der Waals surface area contributed by atoms with Crippen molar-refractivity contribution in [2.45, 2.75) is 70.9 Å². The van der Waals surface area contributed by atoms with E-state index in [9.17, 15) is 9.59 Å². The fourth-order valence-corrected chi connectivity index (χ4v) is 4.82. The first-order valence-corrected chi connectivity index (χ1v) is 10.1. The van der Waals surface area contributed by atoms with Gasteiger partial charge >= 0.3 is 0 Å². The predicted molar refractivity (Wildman–Crippen MR) is 96.2 cm³/mol. The van der Waals surface area contributed by atoms with Crippen molar-refractivity contribution in [3.8, 4) is 0 Å². The van der Waals surface area contributed by atoms with Gasteiger partial charge in [-0.1, -0.05) is 12.8 Å². The number of carbonyl (C=O) groups excluding carboxylic acids is 2. The molecule has 0 radical (unpaired) electrons. The van der Waals surface area contributed by atoms with Crippen LogP contribution in [0.2, 0.25) is 0 Å². The Morgan fingerprint density at radius 3 is 2.58 bits per heavy atom. The molecule has 0 aromatic carbocycles. The van der Waals surface area contributed by atoms with Crippen LogP contribution >= 0.6 is 0 Å². The first-order valence-electron chi connectivity index (χ1n) is 10.1. The van der Waals surface area contributed by atoms with Crippen molar-refractivity contribution in [3.05, 3.63) is 11.6 Å². The first kappa shape index (κ1) is 17.5. The Labute approximate surface area is 154 Å². The van der Waals surface area contributed by atoms with Crippen molar-refractivity contribution in [3.63, 3.8) is 0 Å². The number of amides is 2. The Morgan fingerprint density at radius 2 is 1.81 bits per heavy atom. The number of nitrogens with zero attached hydrogens (tertiary/aromatic N) is 5. The van der Waals surface area contributed by atoms with E-state index in [4.69, 9.17) is 0 Å². The molecule has 1 saturated carbocycles. The molecule has 7 nitrogen and oxygen atoms in total. The van der Waals surface area contributed by atoms with Crippen LogP contribution in [-0.4, -0.2) is 56.0 Å². The molecule has 4 rings (SSSR count). The highest BCUT2D eigenvalue weighted by atomic mass is 16.2.